The number of anilines is 2. The lowest BCUT2D eigenvalue weighted by Gasteiger charge is -2.36. The smallest absolute Gasteiger partial charge is 0.254 e. The van der Waals surface area contributed by atoms with Crippen molar-refractivity contribution in [3.63, 3.8) is 0 Å². The first-order chi connectivity index (χ1) is 13.6. The molecule has 2 amide bonds. The zero-order chi connectivity index (χ0) is 19.7. The summed E-state index contributed by atoms with van der Waals surface area (Å²) in [6.07, 6.45) is 0.430. The predicted molar refractivity (Wildman–Crippen MR) is 106 cm³/mol. The zero-order valence-corrected chi connectivity index (χ0v) is 16.0. The van der Waals surface area contributed by atoms with Crippen LogP contribution >= 0.6 is 0 Å². The Hall–Kier alpha value is -3.22. The highest BCUT2D eigenvalue weighted by Gasteiger charge is 2.25. The molecule has 2 aliphatic rings. The summed E-state index contributed by atoms with van der Waals surface area (Å²) in [7, 11) is 3.14. The summed E-state index contributed by atoms with van der Waals surface area (Å²) in [6.45, 7) is 2.75. The van der Waals surface area contributed by atoms with Gasteiger partial charge in [0.25, 0.3) is 5.91 Å². The quantitative estimate of drug-likeness (QED) is 0.879. The average molecular weight is 381 g/mol. The zero-order valence-electron chi connectivity index (χ0n) is 16.0. The van der Waals surface area contributed by atoms with Crippen molar-refractivity contribution in [2.75, 3.05) is 50.6 Å². The SMILES string of the molecule is COc1cc(OC)cc(C(=O)N2CCN(c3ccc4c(c3)CC(=O)N4)CC2)c1. The highest BCUT2D eigenvalue weighted by atomic mass is 16.5. The molecule has 0 aromatic heterocycles. The summed E-state index contributed by atoms with van der Waals surface area (Å²) in [5, 5.41) is 2.86. The van der Waals surface area contributed by atoms with Crippen LogP contribution in [-0.2, 0) is 11.2 Å². The number of carbonyl (C=O) groups excluding carboxylic acids is 2. The second-order valence-electron chi connectivity index (χ2n) is 6.95. The van der Waals surface area contributed by atoms with Crippen molar-refractivity contribution < 1.29 is 19.1 Å². The van der Waals surface area contributed by atoms with Crippen LogP contribution in [0.5, 0.6) is 11.5 Å². The number of carbonyl (C=O) groups is 2. The third-order valence-corrected chi connectivity index (χ3v) is 5.24. The fraction of sp³-hybridized carbons (Fsp3) is 0.333. The number of hydrogen-bond acceptors (Lipinski definition) is 5. The summed E-state index contributed by atoms with van der Waals surface area (Å²) < 4.78 is 10.5. The number of nitrogens with zero attached hydrogens (tertiary/aromatic N) is 2. The van der Waals surface area contributed by atoms with Gasteiger partial charge in [-0.25, -0.2) is 0 Å². The van der Waals surface area contributed by atoms with Gasteiger partial charge in [0.2, 0.25) is 5.91 Å². The van der Waals surface area contributed by atoms with Crippen molar-refractivity contribution in [2.24, 2.45) is 0 Å². The molecule has 1 fully saturated rings. The van der Waals surface area contributed by atoms with Crippen molar-refractivity contribution in [3.8, 4) is 11.5 Å². The number of benzene rings is 2. The predicted octanol–water partition coefficient (Wildman–Crippen LogP) is 2.16. The Morgan fingerprint density at radius 2 is 1.64 bits per heavy atom. The number of rotatable bonds is 4. The molecule has 0 radical (unpaired) electrons. The van der Waals surface area contributed by atoms with Gasteiger partial charge >= 0.3 is 0 Å². The topological polar surface area (TPSA) is 71.1 Å². The second kappa shape index (κ2) is 7.42. The molecule has 7 heteroatoms. The molecule has 1 N–H and O–H groups in total. The first kappa shape index (κ1) is 18.2. The lowest BCUT2D eigenvalue weighted by Crippen LogP contribution is -2.48. The summed E-state index contributed by atoms with van der Waals surface area (Å²) >= 11 is 0. The van der Waals surface area contributed by atoms with E-state index in [2.05, 4.69) is 16.3 Å². The van der Waals surface area contributed by atoms with E-state index in [0.29, 0.717) is 36.6 Å². The standard InChI is InChI=1S/C21H23N3O4/c1-27-17-10-15(11-18(13-17)28-2)21(26)24-7-5-23(6-8-24)16-3-4-19-14(9-16)12-20(25)22-19/h3-4,9-11,13H,5-8,12H2,1-2H3,(H,22,25). The van der Waals surface area contributed by atoms with Crippen molar-refractivity contribution in [1.82, 2.24) is 4.90 Å². The monoisotopic (exact) mass is 381 g/mol. The molecule has 146 valence electrons. The molecular formula is C21H23N3O4. The molecule has 0 bridgehead atoms. The minimum absolute atomic E-state index is 0.0272. The van der Waals surface area contributed by atoms with Gasteiger partial charge in [-0.1, -0.05) is 0 Å². The minimum atomic E-state index is -0.0272. The highest BCUT2D eigenvalue weighted by molar-refractivity contribution is 5.99. The molecule has 2 aromatic rings. The third kappa shape index (κ3) is 3.47. The van der Waals surface area contributed by atoms with E-state index < -0.39 is 0 Å². The Kier molecular flexibility index (Phi) is 4.81. The molecule has 2 aliphatic heterocycles. The molecule has 0 aliphatic carbocycles. The van der Waals surface area contributed by atoms with Gasteiger partial charge in [0.05, 0.1) is 20.6 Å². The van der Waals surface area contributed by atoms with Crippen LogP contribution in [0.3, 0.4) is 0 Å². The van der Waals surface area contributed by atoms with E-state index in [-0.39, 0.29) is 11.8 Å². The van der Waals surface area contributed by atoms with Gasteiger partial charge in [0.15, 0.2) is 0 Å². The average Bonchev–Trinajstić information content (AvgIpc) is 3.12. The van der Waals surface area contributed by atoms with E-state index in [0.717, 1.165) is 30.0 Å². The van der Waals surface area contributed by atoms with Crippen LogP contribution in [-0.4, -0.2) is 57.1 Å². The van der Waals surface area contributed by atoms with Crippen molar-refractivity contribution in [1.29, 1.82) is 0 Å². The van der Waals surface area contributed by atoms with E-state index in [9.17, 15) is 9.59 Å². The molecule has 1 saturated heterocycles. The Bertz CT molecular complexity index is 898. The van der Waals surface area contributed by atoms with E-state index >= 15 is 0 Å². The first-order valence-electron chi connectivity index (χ1n) is 9.27. The number of ether oxygens (including phenoxy) is 2. The van der Waals surface area contributed by atoms with Gasteiger partial charge in [-0.05, 0) is 35.9 Å². The maximum absolute atomic E-state index is 12.9. The maximum Gasteiger partial charge on any atom is 0.254 e. The third-order valence-electron chi connectivity index (χ3n) is 5.24. The molecule has 4 rings (SSSR count). The second-order valence-corrected chi connectivity index (χ2v) is 6.95. The van der Waals surface area contributed by atoms with Crippen LogP contribution in [0.25, 0.3) is 0 Å². The molecule has 0 saturated carbocycles. The molecule has 28 heavy (non-hydrogen) atoms. The van der Waals surface area contributed by atoms with Gasteiger partial charge in [-0.2, -0.15) is 0 Å². The van der Waals surface area contributed by atoms with Gasteiger partial charge in [0.1, 0.15) is 11.5 Å². The Morgan fingerprint density at radius 1 is 0.964 bits per heavy atom. The Morgan fingerprint density at radius 3 is 2.29 bits per heavy atom. The summed E-state index contributed by atoms with van der Waals surface area (Å²) in [6, 6.07) is 11.3. The summed E-state index contributed by atoms with van der Waals surface area (Å²) in [4.78, 5) is 28.6. The summed E-state index contributed by atoms with van der Waals surface area (Å²) in [5.41, 5.74) is 3.58. The van der Waals surface area contributed by atoms with Crippen molar-refractivity contribution >= 4 is 23.2 Å². The van der Waals surface area contributed by atoms with E-state index in [1.165, 1.54) is 0 Å². The lowest BCUT2D eigenvalue weighted by atomic mass is 10.1. The van der Waals surface area contributed by atoms with E-state index in [1.54, 1.807) is 32.4 Å². The molecular weight excluding hydrogens is 358 g/mol. The molecule has 2 heterocycles. The molecule has 7 nitrogen and oxygen atoms in total. The fourth-order valence-electron chi connectivity index (χ4n) is 3.69. The number of piperazine rings is 1. The molecule has 0 spiro atoms. The van der Waals surface area contributed by atoms with Crippen LogP contribution < -0.4 is 19.7 Å². The highest BCUT2D eigenvalue weighted by Crippen LogP contribution is 2.29. The van der Waals surface area contributed by atoms with Gasteiger partial charge in [0, 0.05) is 49.2 Å². The number of nitrogens with one attached hydrogen (secondary N) is 1. The van der Waals surface area contributed by atoms with Crippen LogP contribution in [0.1, 0.15) is 15.9 Å². The number of hydrogen-bond donors (Lipinski definition) is 1. The van der Waals surface area contributed by atoms with Crippen LogP contribution in [0.15, 0.2) is 36.4 Å². The molecule has 0 unspecified atom stereocenters. The van der Waals surface area contributed by atoms with Crippen LogP contribution in [0.4, 0.5) is 11.4 Å². The fourth-order valence-corrected chi connectivity index (χ4v) is 3.69. The normalized spacial score (nSPS) is 15.9. The molecule has 2 aromatic carbocycles. The Balaban J connectivity index is 1.44. The number of methoxy groups -OCH3 is 2. The largest absolute Gasteiger partial charge is 0.497 e. The number of amides is 2. The first-order valence-corrected chi connectivity index (χ1v) is 9.27. The van der Waals surface area contributed by atoms with Gasteiger partial charge in [-0.3, -0.25) is 9.59 Å². The maximum atomic E-state index is 12.9. The minimum Gasteiger partial charge on any atom is -0.497 e. The van der Waals surface area contributed by atoms with E-state index in [4.69, 9.17) is 9.47 Å². The van der Waals surface area contributed by atoms with E-state index in [1.807, 2.05) is 17.0 Å². The molecule has 0 atom stereocenters. The number of fused-ring (bicyclic) bond motifs is 1. The lowest BCUT2D eigenvalue weighted by molar-refractivity contribution is -0.115. The Labute approximate surface area is 163 Å². The van der Waals surface area contributed by atoms with Crippen molar-refractivity contribution in [2.45, 2.75) is 6.42 Å². The van der Waals surface area contributed by atoms with Crippen LogP contribution in [0.2, 0.25) is 0 Å². The van der Waals surface area contributed by atoms with Crippen LogP contribution in [0, 0.1) is 0 Å². The van der Waals surface area contributed by atoms with Crippen molar-refractivity contribution in [3.05, 3.63) is 47.5 Å². The van der Waals surface area contributed by atoms with Gasteiger partial charge in [-0.15, -0.1) is 0 Å². The summed E-state index contributed by atoms with van der Waals surface area (Å²) in [5.74, 6) is 1.21. The van der Waals surface area contributed by atoms with Gasteiger partial charge < -0.3 is 24.6 Å².